The molecule has 0 bridgehead atoms. The molecule has 110 valence electrons. The Bertz CT molecular complexity index is 266. The van der Waals surface area contributed by atoms with E-state index in [-0.39, 0.29) is 26.4 Å². The van der Waals surface area contributed by atoms with Gasteiger partial charge in [0.15, 0.2) is 0 Å². The van der Waals surface area contributed by atoms with Crippen LogP contribution in [-0.2, 0) is 14.6 Å². The van der Waals surface area contributed by atoms with Crippen molar-refractivity contribution in [2.75, 3.05) is 46.1 Å². The lowest BCUT2D eigenvalue weighted by Crippen LogP contribution is -2.32. The lowest BCUT2D eigenvalue weighted by atomic mass is 10.4. The van der Waals surface area contributed by atoms with E-state index in [1.807, 2.05) is 0 Å². The van der Waals surface area contributed by atoms with E-state index >= 15 is 0 Å². The van der Waals surface area contributed by atoms with Gasteiger partial charge in [0.1, 0.15) is 0 Å². The van der Waals surface area contributed by atoms with E-state index in [1.54, 1.807) is 4.90 Å². The Hall–Kier alpha value is -0.550. The maximum Gasteiger partial charge on any atom is 0.397 e. The molecule has 4 N–H and O–H groups in total. The van der Waals surface area contributed by atoms with Crippen LogP contribution in [0, 0.1) is 0 Å². The molecule has 0 radical (unpaired) electrons. The van der Waals surface area contributed by atoms with E-state index < -0.39 is 10.4 Å². The molecule has 0 heterocycles. The standard InChI is InChI=1S/C6H15NO3.C3H6O4S/c8-4-1-7(2-5-9)3-6-10;1-2-3-7-8(4,5)6/h8-10H,1-6H2;2H,1,3H2,(H,4,5,6). The van der Waals surface area contributed by atoms with Gasteiger partial charge in [-0.1, -0.05) is 6.08 Å². The zero-order valence-corrected chi connectivity index (χ0v) is 10.9. The molecule has 0 aliphatic carbocycles. The molecule has 0 aromatic rings. The number of nitrogens with zero attached hydrogens (tertiary/aromatic N) is 1. The van der Waals surface area contributed by atoms with Crippen molar-refractivity contribution in [1.29, 1.82) is 0 Å². The van der Waals surface area contributed by atoms with E-state index in [1.165, 1.54) is 6.08 Å². The molecule has 0 fully saturated rings. The maximum atomic E-state index is 9.68. The van der Waals surface area contributed by atoms with Crippen LogP contribution < -0.4 is 0 Å². The van der Waals surface area contributed by atoms with Gasteiger partial charge in [-0.25, -0.2) is 4.18 Å². The van der Waals surface area contributed by atoms with Crippen LogP contribution in [0.15, 0.2) is 12.7 Å². The van der Waals surface area contributed by atoms with Gasteiger partial charge in [0, 0.05) is 19.6 Å². The van der Waals surface area contributed by atoms with Crippen LogP contribution in [0.1, 0.15) is 0 Å². The highest BCUT2D eigenvalue weighted by Crippen LogP contribution is 1.84. The first-order chi connectivity index (χ1) is 8.41. The smallest absolute Gasteiger partial charge is 0.395 e. The number of aliphatic hydroxyl groups excluding tert-OH is 3. The first-order valence-corrected chi connectivity index (χ1v) is 6.55. The van der Waals surface area contributed by atoms with Gasteiger partial charge in [-0.3, -0.25) is 9.45 Å². The zero-order chi connectivity index (χ0) is 14.4. The van der Waals surface area contributed by atoms with E-state index in [0.29, 0.717) is 19.6 Å². The van der Waals surface area contributed by atoms with Crippen LogP contribution >= 0.6 is 0 Å². The average molecular weight is 287 g/mol. The Kier molecular flexibility index (Phi) is 14.2. The molecule has 0 rings (SSSR count). The molecule has 0 saturated heterocycles. The molecule has 0 aromatic carbocycles. The number of hydrogen-bond acceptors (Lipinski definition) is 7. The lowest BCUT2D eigenvalue weighted by Gasteiger charge is -2.17. The van der Waals surface area contributed by atoms with Gasteiger partial charge in [-0.2, -0.15) is 8.42 Å². The van der Waals surface area contributed by atoms with Crippen molar-refractivity contribution >= 4 is 10.4 Å². The second-order valence-corrected chi connectivity index (χ2v) is 4.10. The second-order valence-electron chi connectivity index (χ2n) is 3.01. The molecule has 0 spiro atoms. The van der Waals surface area contributed by atoms with Crippen LogP contribution in [-0.4, -0.2) is 79.3 Å². The summed E-state index contributed by atoms with van der Waals surface area (Å²) < 4.78 is 31.0. The molecule has 18 heavy (non-hydrogen) atoms. The van der Waals surface area contributed by atoms with Crippen molar-refractivity contribution in [3.05, 3.63) is 12.7 Å². The monoisotopic (exact) mass is 287 g/mol. The van der Waals surface area contributed by atoms with Gasteiger partial charge in [-0.05, 0) is 0 Å². The Labute approximate surface area is 107 Å². The van der Waals surface area contributed by atoms with Crippen molar-refractivity contribution in [2.45, 2.75) is 0 Å². The van der Waals surface area contributed by atoms with Crippen molar-refractivity contribution < 1.29 is 32.5 Å². The molecule has 0 saturated carbocycles. The summed E-state index contributed by atoms with van der Waals surface area (Å²) in [4.78, 5) is 1.79. The molecule has 0 amide bonds. The molecule has 0 aliphatic heterocycles. The highest BCUT2D eigenvalue weighted by atomic mass is 32.3. The van der Waals surface area contributed by atoms with Gasteiger partial charge >= 0.3 is 10.4 Å². The van der Waals surface area contributed by atoms with Crippen LogP contribution in [0.25, 0.3) is 0 Å². The van der Waals surface area contributed by atoms with Gasteiger partial charge in [0.05, 0.1) is 26.4 Å². The SMILES string of the molecule is C=CCOS(=O)(=O)O.OCCN(CCO)CCO. The Morgan fingerprint density at radius 2 is 1.44 bits per heavy atom. The average Bonchev–Trinajstić information content (AvgIpc) is 2.27. The number of aliphatic hydroxyl groups is 3. The molecule has 8 nitrogen and oxygen atoms in total. The van der Waals surface area contributed by atoms with E-state index in [9.17, 15) is 8.42 Å². The van der Waals surface area contributed by atoms with Crippen molar-refractivity contribution in [2.24, 2.45) is 0 Å². The minimum absolute atomic E-state index is 0.0694. The summed E-state index contributed by atoms with van der Waals surface area (Å²) in [5, 5.41) is 25.5. The van der Waals surface area contributed by atoms with Crippen LogP contribution in [0.5, 0.6) is 0 Å². The first-order valence-electron chi connectivity index (χ1n) is 5.19. The van der Waals surface area contributed by atoms with Crippen molar-refractivity contribution in [3.8, 4) is 0 Å². The van der Waals surface area contributed by atoms with Crippen LogP contribution in [0.3, 0.4) is 0 Å². The Morgan fingerprint density at radius 3 is 1.61 bits per heavy atom. The van der Waals surface area contributed by atoms with Gasteiger partial charge in [0.25, 0.3) is 0 Å². The molecule has 0 atom stereocenters. The third kappa shape index (κ3) is 17.8. The highest BCUT2D eigenvalue weighted by molar-refractivity contribution is 7.80. The van der Waals surface area contributed by atoms with Gasteiger partial charge < -0.3 is 15.3 Å². The predicted molar refractivity (Wildman–Crippen MR) is 65.4 cm³/mol. The molecular formula is C9H21NO7S. The summed E-state index contributed by atoms with van der Waals surface area (Å²) in [7, 11) is -4.26. The minimum atomic E-state index is -4.26. The van der Waals surface area contributed by atoms with Crippen LogP contribution in [0.4, 0.5) is 0 Å². The zero-order valence-electron chi connectivity index (χ0n) is 10.1. The van der Waals surface area contributed by atoms with Crippen LogP contribution in [0.2, 0.25) is 0 Å². The fourth-order valence-electron chi connectivity index (χ4n) is 0.894. The van der Waals surface area contributed by atoms with Crippen molar-refractivity contribution in [3.63, 3.8) is 0 Å². The van der Waals surface area contributed by atoms with E-state index in [4.69, 9.17) is 19.9 Å². The summed E-state index contributed by atoms with van der Waals surface area (Å²) in [6.45, 7) is 4.72. The fourth-order valence-corrected chi connectivity index (χ4v) is 1.16. The third-order valence-electron chi connectivity index (χ3n) is 1.58. The van der Waals surface area contributed by atoms with E-state index in [2.05, 4.69) is 10.8 Å². The molecule has 0 unspecified atom stereocenters. The quantitative estimate of drug-likeness (QED) is 0.290. The minimum Gasteiger partial charge on any atom is -0.395 e. The van der Waals surface area contributed by atoms with Gasteiger partial charge in [0.2, 0.25) is 0 Å². The fraction of sp³-hybridized carbons (Fsp3) is 0.778. The van der Waals surface area contributed by atoms with E-state index in [0.717, 1.165) is 0 Å². The summed E-state index contributed by atoms with van der Waals surface area (Å²) in [6.07, 6.45) is 1.22. The first kappa shape index (κ1) is 19.8. The largest absolute Gasteiger partial charge is 0.397 e. The van der Waals surface area contributed by atoms with Crippen molar-refractivity contribution in [1.82, 2.24) is 4.90 Å². The lowest BCUT2D eigenvalue weighted by molar-refractivity contribution is 0.136. The summed E-state index contributed by atoms with van der Waals surface area (Å²) in [6, 6.07) is 0. The summed E-state index contributed by atoms with van der Waals surface area (Å²) in [5.41, 5.74) is 0. The highest BCUT2D eigenvalue weighted by Gasteiger charge is 2.00. The number of hydrogen-bond donors (Lipinski definition) is 4. The Morgan fingerprint density at radius 1 is 1.06 bits per heavy atom. The Balaban J connectivity index is 0. The predicted octanol–water partition coefficient (Wildman–Crippen LogP) is -1.74. The molecule has 9 heteroatoms. The van der Waals surface area contributed by atoms with Gasteiger partial charge in [-0.15, -0.1) is 6.58 Å². The third-order valence-corrected chi connectivity index (χ3v) is 2.02. The summed E-state index contributed by atoms with van der Waals surface area (Å²) >= 11 is 0. The molecular weight excluding hydrogens is 266 g/mol. The number of rotatable bonds is 9. The maximum absolute atomic E-state index is 9.68. The normalized spacial score (nSPS) is 10.9. The molecule has 0 aliphatic rings. The summed E-state index contributed by atoms with van der Waals surface area (Å²) in [5.74, 6) is 0. The molecule has 0 aromatic heterocycles. The second kappa shape index (κ2) is 12.9. The topological polar surface area (TPSA) is 128 Å².